The monoisotopic (exact) mass is 417 g/mol. The van der Waals surface area contributed by atoms with Gasteiger partial charge in [0.25, 0.3) is 0 Å². The fraction of sp³-hybridized carbons (Fsp3) is 0.217. The molecule has 1 saturated heterocycles. The molecule has 0 bridgehead atoms. The second-order valence-electron chi connectivity index (χ2n) is 7.02. The SMILES string of the molecule is FC(F)(F)c1cccc([C@H]2CCCN2c2ccc(Oc3ccc(Cl)cc3)cc2)c1. The van der Waals surface area contributed by atoms with Gasteiger partial charge in [0.2, 0.25) is 0 Å². The lowest BCUT2D eigenvalue weighted by atomic mass is 10.0. The fourth-order valence-corrected chi connectivity index (χ4v) is 3.81. The van der Waals surface area contributed by atoms with Crippen molar-refractivity contribution in [2.24, 2.45) is 0 Å². The van der Waals surface area contributed by atoms with E-state index in [9.17, 15) is 13.2 Å². The zero-order chi connectivity index (χ0) is 20.4. The second kappa shape index (κ2) is 7.99. The van der Waals surface area contributed by atoms with Gasteiger partial charge in [-0.05, 0) is 79.1 Å². The molecular formula is C23H19ClF3NO. The van der Waals surface area contributed by atoms with E-state index in [1.165, 1.54) is 12.1 Å². The number of ether oxygens (including phenoxy) is 1. The molecule has 0 amide bonds. The minimum absolute atomic E-state index is 0.0691. The van der Waals surface area contributed by atoms with Crippen LogP contribution in [-0.2, 0) is 6.18 Å². The maximum atomic E-state index is 13.1. The standard InChI is InChI=1S/C23H19ClF3NO/c24-18-6-10-20(11-7-18)29-21-12-8-19(9-13-21)28-14-2-5-22(28)16-3-1-4-17(15-16)23(25,26)27/h1,3-4,6-13,15,22H,2,5,14H2/t22-/m1/s1. The van der Waals surface area contributed by atoms with E-state index in [-0.39, 0.29) is 6.04 Å². The van der Waals surface area contributed by atoms with E-state index in [4.69, 9.17) is 16.3 Å². The number of rotatable bonds is 4. The molecule has 6 heteroatoms. The number of hydrogen-bond donors (Lipinski definition) is 0. The van der Waals surface area contributed by atoms with Crippen LogP contribution in [-0.4, -0.2) is 6.54 Å². The predicted octanol–water partition coefficient (Wildman–Crippen LogP) is 7.49. The highest BCUT2D eigenvalue weighted by Gasteiger charge is 2.32. The van der Waals surface area contributed by atoms with E-state index in [0.717, 1.165) is 31.1 Å². The molecule has 1 atom stereocenters. The van der Waals surface area contributed by atoms with E-state index in [1.807, 2.05) is 24.3 Å². The number of nitrogens with zero attached hydrogens (tertiary/aromatic N) is 1. The molecule has 0 radical (unpaired) electrons. The van der Waals surface area contributed by atoms with Crippen LogP contribution in [0.25, 0.3) is 0 Å². The van der Waals surface area contributed by atoms with E-state index < -0.39 is 11.7 Å². The van der Waals surface area contributed by atoms with Crippen LogP contribution in [0.4, 0.5) is 18.9 Å². The van der Waals surface area contributed by atoms with Crippen molar-refractivity contribution in [2.75, 3.05) is 11.4 Å². The van der Waals surface area contributed by atoms with Gasteiger partial charge in [0.05, 0.1) is 11.6 Å². The summed E-state index contributed by atoms with van der Waals surface area (Å²) in [7, 11) is 0. The van der Waals surface area contributed by atoms with Crippen LogP contribution in [0.1, 0.15) is 30.0 Å². The minimum Gasteiger partial charge on any atom is -0.457 e. The van der Waals surface area contributed by atoms with Gasteiger partial charge >= 0.3 is 6.18 Å². The third-order valence-electron chi connectivity index (χ3n) is 5.07. The van der Waals surface area contributed by atoms with Crippen molar-refractivity contribution in [3.05, 3.63) is 88.9 Å². The molecule has 2 nitrogen and oxygen atoms in total. The zero-order valence-corrected chi connectivity index (χ0v) is 16.3. The highest BCUT2D eigenvalue weighted by molar-refractivity contribution is 6.30. The van der Waals surface area contributed by atoms with E-state index >= 15 is 0 Å². The van der Waals surface area contributed by atoms with Gasteiger partial charge in [0, 0.05) is 17.3 Å². The maximum Gasteiger partial charge on any atom is 0.416 e. The molecule has 0 saturated carbocycles. The van der Waals surface area contributed by atoms with Crippen LogP contribution in [0.5, 0.6) is 11.5 Å². The van der Waals surface area contributed by atoms with Crippen LogP contribution >= 0.6 is 11.6 Å². The van der Waals surface area contributed by atoms with Crippen molar-refractivity contribution in [1.29, 1.82) is 0 Å². The quantitative estimate of drug-likeness (QED) is 0.436. The summed E-state index contributed by atoms with van der Waals surface area (Å²) in [5.41, 5.74) is 1.06. The van der Waals surface area contributed by atoms with Crippen molar-refractivity contribution >= 4 is 17.3 Å². The molecule has 0 N–H and O–H groups in total. The average molecular weight is 418 g/mol. The molecule has 1 heterocycles. The first kappa shape index (κ1) is 19.6. The van der Waals surface area contributed by atoms with E-state index in [2.05, 4.69) is 4.90 Å². The molecule has 1 fully saturated rings. The number of halogens is 4. The first-order valence-electron chi connectivity index (χ1n) is 9.37. The van der Waals surface area contributed by atoms with Gasteiger partial charge in [0.1, 0.15) is 11.5 Å². The number of benzene rings is 3. The van der Waals surface area contributed by atoms with Crippen molar-refractivity contribution in [3.63, 3.8) is 0 Å². The van der Waals surface area contributed by atoms with Crippen LogP contribution in [0.2, 0.25) is 5.02 Å². The lowest BCUT2D eigenvalue weighted by molar-refractivity contribution is -0.137. The highest BCUT2D eigenvalue weighted by Crippen LogP contribution is 2.39. The molecule has 0 unspecified atom stereocenters. The number of hydrogen-bond acceptors (Lipinski definition) is 2. The summed E-state index contributed by atoms with van der Waals surface area (Å²) >= 11 is 5.88. The lowest BCUT2D eigenvalue weighted by Crippen LogP contribution is -2.22. The van der Waals surface area contributed by atoms with Gasteiger partial charge in [-0.3, -0.25) is 0 Å². The summed E-state index contributed by atoms with van der Waals surface area (Å²) in [4.78, 5) is 2.15. The molecule has 0 aromatic heterocycles. The molecular weight excluding hydrogens is 399 g/mol. The molecule has 3 aromatic rings. The lowest BCUT2D eigenvalue weighted by Gasteiger charge is -2.28. The molecule has 1 aliphatic heterocycles. The maximum absolute atomic E-state index is 13.1. The largest absolute Gasteiger partial charge is 0.457 e. The molecule has 150 valence electrons. The number of anilines is 1. The molecule has 0 spiro atoms. The third-order valence-corrected chi connectivity index (χ3v) is 5.32. The van der Waals surface area contributed by atoms with Crippen molar-refractivity contribution in [3.8, 4) is 11.5 Å². The van der Waals surface area contributed by atoms with Gasteiger partial charge in [-0.25, -0.2) is 0 Å². The van der Waals surface area contributed by atoms with Crippen LogP contribution in [0.15, 0.2) is 72.8 Å². The summed E-state index contributed by atoms with van der Waals surface area (Å²) in [6.07, 6.45) is -2.58. The normalized spacial score (nSPS) is 16.8. The van der Waals surface area contributed by atoms with Crippen molar-refractivity contribution in [2.45, 2.75) is 25.1 Å². The third kappa shape index (κ3) is 4.51. The Morgan fingerprint density at radius 1 is 0.897 bits per heavy atom. The average Bonchev–Trinajstić information content (AvgIpc) is 3.20. The minimum atomic E-state index is -4.33. The van der Waals surface area contributed by atoms with E-state index in [0.29, 0.717) is 22.1 Å². The Bertz CT molecular complexity index is 971. The Kier molecular flexibility index (Phi) is 5.41. The Balaban J connectivity index is 1.52. The van der Waals surface area contributed by atoms with Gasteiger partial charge in [-0.15, -0.1) is 0 Å². The summed E-state index contributed by atoms with van der Waals surface area (Å²) < 4.78 is 45.1. The topological polar surface area (TPSA) is 12.5 Å². The van der Waals surface area contributed by atoms with Crippen LogP contribution in [0, 0.1) is 0 Å². The predicted molar refractivity (Wildman–Crippen MR) is 109 cm³/mol. The number of alkyl halides is 3. The molecule has 29 heavy (non-hydrogen) atoms. The Hall–Kier alpha value is -2.66. The Labute approximate surface area is 172 Å². The summed E-state index contributed by atoms with van der Waals surface area (Å²) in [5.74, 6) is 1.37. The molecule has 1 aliphatic rings. The molecule has 0 aliphatic carbocycles. The first-order valence-corrected chi connectivity index (χ1v) is 9.75. The summed E-state index contributed by atoms with van der Waals surface area (Å²) in [6, 6.07) is 20.3. The van der Waals surface area contributed by atoms with E-state index in [1.54, 1.807) is 30.3 Å². The molecule has 4 rings (SSSR count). The Morgan fingerprint density at radius 2 is 1.55 bits per heavy atom. The second-order valence-corrected chi connectivity index (χ2v) is 7.46. The van der Waals surface area contributed by atoms with Crippen molar-refractivity contribution < 1.29 is 17.9 Å². The summed E-state index contributed by atoms with van der Waals surface area (Å²) in [6.45, 7) is 0.804. The zero-order valence-electron chi connectivity index (χ0n) is 15.5. The van der Waals surface area contributed by atoms with Crippen molar-refractivity contribution in [1.82, 2.24) is 0 Å². The smallest absolute Gasteiger partial charge is 0.416 e. The first-order chi connectivity index (χ1) is 13.9. The molecule has 3 aromatic carbocycles. The fourth-order valence-electron chi connectivity index (χ4n) is 3.69. The van der Waals surface area contributed by atoms with Gasteiger partial charge in [-0.2, -0.15) is 13.2 Å². The van der Waals surface area contributed by atoms with Crippen LogP contribution in [0.3, 0.4) is 0 Å². The van der Waals surface area contributed by atoms with Crippen LogP contribution < -0.4 is 9.64 Å². The van der Waals surface area contributed by atoms with Gasteiger partial charge in [0.15, 0.2) is 0 Å². The van der Waals surface area contributed by atoms with Gasteiger partial charge < -0.3 is 9.64 Å². The summed E-state index contributed by atoms with van der Waals surface area (Å²) in [5, 5.41) is 0.641. The highest BCUT2D eigenvalue weighted by atomic mass is 35.5. The van der Waals surface area contributed by atoms with Gasteiger partial charge in [-0.1, -0.05) is 23.7 Å². The Morgan fingerprint density at radius 3 is 2.21 bits per heavy atom.